The van der Waals surface area contributed by atoms with Crippen LogP contribution < -0.4 is 4.90 Å². The van der Waals surface area contributed by atoms with Gasteiger partial charge < -0.3 is 0 Å². The van der Waals surface area contributed by atoms with Gasteiger partial charge in [0, 0.05) is 11.8 Å². The minimum atomic E-state index is -0.362. The lowest BCUT2D eigenvalue weighted by Gasteiger charge is -2.45. The number of rotatable bonds is 1. The Morgan fingerprint density at radius 2 is 1.13 bits per heavy atom. The molecule has 30 heavy (non-hydrogen) atoms. The first-order valence-electron chi connectivity index (χ1n) is 10.1. The van der Waals surface area contributed by atoms with Gasteiger partial charge in [-0.15, -0.1) is 0 Å². The van der Waals surface area contributed by atoms with Gasteiger partial charge >= 0.3 is 0 Å². The molecule has 4 nitrogen and oxygen atoms in total. The van der Waals surface area contributed by atoms with Gasteiger partial charge in [-0.3, -0.25) is 9.59 Å². The molecule has 0 spiro atoms. The molecule has 4 aliphatic rings. The summed E-state index contributed by atoms with van der Waals surface area (Å²) < 4.78 is 0.984. The molecule has 144 valence electrons. The summed E-state index contributed by atoms with van der Waals surface area (Å²) >= 11 is 1.41. The zero-order valence-electron chi connectivity index (χ0n) is 15.9. The summed E-state index contributed by atoms with van der Waals surface area (Å²) in [5, 5.41) is 0.494. The molecule has 4 aromatic rings. The zero-order valence-corrected chi connectivity index (χ0v) is 16.7. The van der Waals surface area contributed by atoms with Gasteiger partial charge in [-0.05, 0) is 34.4 Å². The number of para-hydroxylation sites is 1. The summed E-state index contributed by atoms with van der Waals surface area (Å²) in [7, 11) is 0. The Kier molecular flexibility index (Phi) is 3.10. The molecule has 2 atom stereocenters. The van der Waals surface area contributed by atoms with Crippen LogP contribution in [0.4, 0.5) is 5.13 Å². The van der Waals surface area contributed by atoms with Gasteiger partial charge in [0.1, 0.15) is 0 Å². The molecule has 8 rings (SSSR count). The van der Waals surface area contributed by atoms with E-state index >= 15 is 0 Å². The van der Waals surface area contributed by atoms with Crippen molar-refractivity contribution in [3.05, 3.63) is 95.1 Å². The Morgan fingerprint density at radius 3 is 1.63 bits per heavy atom. The van der Waals surface area contributed by atoms with Crippen LogP contribution in [-0.4, -0.2) is 16.8 Å². The number of imide groups is 1. The van der Waals surface area contributed by atoms with E-state index in [1.54, 1.807) is 0 Å². The Labute approximate surface area is 176 Å². The third-order valence-corrected chi connectivity index (χ3v) is 7.94. The predicted octanol–water partition coefficient (Wildman–Crippen LogP) is 4.69. The van der Waals surface area contributed by atoms with Crippen molar-refractivity contribution < 1.29 is 9.59 Å². The molecule has 1 fully saturated rings. The summed E-state index contributed by atoms with van der Waals surface area (Å²) in [5.41, 5.74) is 5.58. The minimum Gasteiger partial charge on any atom is -0.274 e. The molecule has 5 heteroatoms. The van der Waals surface area contributed by atoms with E-state index in [9.17, 15) is 9.59 Å². The molecule has 0 radical (unpaired) electrons. The average Bonchev–Trinajstić information content (AvgIpc) is 3.32. The van der Waals surface area contributed by atoms with Gasteiger partial charge in [-0.1, -0.05) is 72.0 Å². The molecule has 0 unspecified atom stereocenters. The average molecular weight is 408 g/mol. The maximum atomic E-state index is 13.7. The van der Waals surface area contributed by atoms with E-state index in [2.05, 4.69) is 29.2 Å². The van der Waals surface area contributed by atoms with E-state index in [1.165, 1.54) is 38.5 Å². The highest BCUT2D eigenvalue weighted by Gasteiger charge is 2.62. The van der Waals surface area contributed by atoms with Crippen molar-refractivity contribution in [1.82, 2.24) is 4.98 Å². The third-order valence-electron chi connectivity index (χ3n) is 6.92. The van der Waals surface area contributed by atoms with Crippen LogP contribution in [0, 0.1) is 11.8 Å². The molecule has 2 heterocycles. The van der Waals surface area contributed by atoms with Crippen molar-refractivity contribution in [1.29, 1.82) is 0 Å². The Balaban J connectivity index is 1.44. The zero-order chi connectivity index (χ0) is 20.0. The molecule has 3 aliphatic carbocycles. The third kappa shape index (κ3) is 1.89. The molecule has 1 aromatic heterocycles. The van der Waals surface area contributed by atoms with Gasteiger partial charge in [0.2, 0.25) is 11.8 Å². The molecule has 3 aromatic carbocycles. The number of aromatic nitrogens is 1. The molecule has 0 N–H and O–H groups in total. The fourth-order valence-electron chi connectivity index (χ4n) is 5.82. The van der Waals surface area contributed by atoms with Crippen LogP contribution in [0.25, 0.3) is 10.2 Å². The summed E-state index contributed by atoms with van der Waals surface area (Å²) in [5.74, 6) is -1.10. The number of anilines is 1. The topological polar surface area (TPSA) is 50.3 Å². The normalized spacial score (nSPS) is 26.1. The molecule has 1 saturated heterocycles. The first-order valence-corrected chi connectivity index (χ1v) is 11.0. The second kappa shape index (κ2) is 5.64. The summed E-state index contributed by atoms with van der Waals surface area (Å²) in [6.07, 6.45) is 0. The van der Waals surface area contributed by atoms with Crippen LogP contribution in [0.5, 0.6) is 0 Å². The van der Waals surface area contributed by atoms with Crippen molar-refractivity contribution in [2.45, 2.75) is 11.8 Å². The Morgan fingerprint density at radius 1 is 0.667 bits per heavy atom. The Bertz CT molecular complexity index is 1240. The number of hydrogen-bond acceptors (Lipinski definition) is 4. The fraction of sp³-hybridized carbons (Fsp3) is 0.160. The van der Waals surface area contributed by atoms with Crippen LogP contribution in [0.2, 0.25) is 0 Å². The van der Waals surface area contributed by atoms with Crippen LogP contribution in [0.15, 0.2) is 72.8 Å². The van der Waals surface area contributed by atoms with E-state index in [0.29, 0.717) is 5.13 Å². The van der Waals surface area contributed by atoms with Crippen molar-refractivity contribution in [3.63, 3.8) is 0 Å². The number of thiazole rings is 1. The second-order valence-corrected chi connectivity index (χ2v) is 9.25. The molecular weight excluding hydrogens is 392 g/mol. The van der Waals surface area contributed by atoms with Gasteiger partial charge in [0.25, 0.3) is 0 Å². The Hall–Kier alpha value is -3.31. The van der Waals surface area contributed by atoms with Crippen LogP contribution in [0.1, 0.15) is 34.1 Å². The van der Waals surface area contributed by atoms with Crippen LogP contribution >= 0.6 is 11.3 Å². The number of nitrogens with zero attached hydrogens (tertiary/aromatic N) is 2. The second-order valence-electron chi connectivity index (χ2n) is 8.24. The van der Waals surface area contributed by atoms with Crippen LogP contribution in [-0.2, 0) is 9.59 Å². The first kappa shape index (κ1) is 16.5. The van der Waals surface area contributed by atoms with Crippen molar-refractivity contribution in [2.75, 3.05) is 4.90 Å². The van der Waals surface area contributed by atoms with Crippen molar-refractivity contribution in [2.24, 2.45) is 11.8 Å². The van der Waals surface area contributed by atoms with E-state index < -0.39 is 0 Å². The molecule has 1 aliphatic heterocycles. The largest absolute Gasteiger partial charge is 0.274 e. The number of benzene rings is 3. The maximum Gasteiger partial charge on any atom is 0.240 e. The SMILES string of the molecule is O=C1[C@@H]2C3c4ccccc4C(c4ccccc43)[C@@H]2C(=O)N1c1nc2ccccc2s1. The van der Waals surface area contributed by atoms with Gasteiger partial charge in [0.15, 0.2) is 5.13 Å². The lowest BCUT2D eigenvalue weighted by Crippen LogP contribution is -2.41. The highest BCUT2D eigenvalue weighted by Crippen LogP contribution is 2.61. The molecule has 2 bridgehead atoms. The number of amides is 2. The number of fused-ring (bicyclic) bond motifs is 1. The molecular formula is C25H16N2O2S. The van der Waals surface area contributed by atoms with Crippen LogP contribution in [0.3, 0.4) is 0 Å². The lowest BCUT2D eigenvalue weighted by atomic mass is 9.55. The maximum absolute atomic E-state index is 13.7. The first-order chi connectivity index (χ1) is 14.7. The van der Waals surface area contributed by atoms with E-state index in [4.69, 9.17) is 0 Å². The lowest BCUT2D eigenvalue weighted by molar-refractivity contribution is -0.122. The van der Waals surface area contributed by atoms with Crippen molar-refractivity contribution >= 4 is 38.5 Å². The minimum absolute atomic E-state index is 0.0803. The fourth-order valence-corrected chi connectivity index (χ4v) is 6.80. The highest BCUT2D eigenvalue weighted by atomic mass is 32.1. The smallest absolute Gasteiger partial charge is 0.240 e. The highest BCUT2D eigenvalue weighted by molar-refractivity contribution is 7.22. The summed E-state index contributed by atoms with van der Waals surface area (Å²) in [6.45, 7) is 0. The quantitative estimate of drug-likeness (QED) is 0.429. The number of carbonyl (C=O) groups is 2. The van der Waals surface area contributed by atoms with Gasteiger partial charge in [-0.25, -0.2) is 9.88 Å². The van der Waals surface area contributed by atoms with E-state index in [1.807, 2.05) is 48.5 Å². The van der Waals surface area contributed by atoms with E-state index in [-0.39, 0.29) is 35.5 Å². The summed E-state index contributed by atoms with van der Waals surface area (Å²) in [6, 6.07) is 24.4. The standard InChI is InChI=1S/C25H16N2O2S/c28-23-21-19-13-7-1-2-8-14(13)20(16-10-4-3-9-15(16)19)22(21)24(29)27(23)25-26-17-11-5-6-12-18(17)30-25/h1-12,19-22H/t19?,20?,21-,22+. The molecule has 2 amide bonds. The van der Waals surface area contributed by atoms with Gasteiger partial charge in [-0.2, -0.15) is 0 Å². The number of carbonyl (C=O) groups excluding carboxylic acids is 2. The van der Waals surface area contributed by atoms with Crippen molar-refractivity contribution in [3.8, 4) is 0 Å². The number of hydrogen-bond donors (Lipinski definition) is 0. The molecule has 0 saturated carbocycles. The van der Waals surface area contributed by atoms with E-state index in [0.717, 1.165) is 10.2 Å². The summed E-state index contributed by atoms with van der Waals surface area (Å²) in [4.78, 5) is 33.4. The predicted molar refractivity (Wildman–Crippen MR) is 116 cm³/mol. The van der Waals surface area contributed by atoms with Gasteiger partial charge in [0.05, 0.1) is 22.1 Å². The monoisotopic (exact) mass is 408 g/mol.